The average Bonchev–Trinajstić information content (AvgIpc) is 4.12. The number of aliphatic hydroxyl groups is 3. The van der Waals surface area contributed by atoms with Gasteiger partial charge in [-0.05, 0) is 6.42 Å². The highest BCUT2D eigenvalue weighted by atomic mass is 31.3. The van der Waals surface area contributed by atoms with E-state index in [1.165, 1.54) is 34.2 Å². The molecule has 8 rings (SSSR count). The van der Waals surface area contributed by atoms with Crippen LogP contribution in [-0.4, -0.2) is 169 Å². The van der Waals surface area contributed by atoms with Crippen molar-refractivity contribution in [3.63, 3.8) is 0 Å². The predicted molar refractivity (Wildman–Crippen MR) is 243 cm³/mol. The zero-order valence-corrected chi connectivity index (χ0v) is 42.7. The van der Waals surface area contributed by atoms with Gasteiger partial charge in [-0.15, -0.1) is 0 Å². The van der Waals surface area contributed by atoms with Gasteiger partial charge >= 0.3 is 34.3 Å². The number of aryl methyl sites for hydroxylation is 1. The Bertz CT molecular complexity index is 3280. The van der Waals surface area contributed by atoms with Gasteiger partial charge in [0.1, 0.15) is 54.6 Å². The van der Waals surface area contributed by atoms with E-state index in [1.54, 1.807) is 0 Å². The second-order valence-electron chi connectivity index (χ2n) is 17.0. The summed E-state index contributed by atoms with van der Waals surface area (Å²) in [5.74, 6) is -3.12. The molecule has 12 N–H and O–H groups in total. The van der Waals surface area contributed by atoms with Crippen LogP contribution in [0.4, 0.5) is 11.8 Å². The molecular weight excluding hydrogens is 1100 g/mol. The predicted octanol–water partition coefficient (Wildman–Crippen LogP) is -4.11. The maximum Gasteiger partial charge on any atom is 0.479 e. The molecule has 0 bridgehead atoms. The number of phosphoric ester groups is 2. The number of aliphatic hydroxyl groups excluding tert-OH is 3. The second-order valence-corrected chi connectivity index (χ2v) is 24.2. The quantitative estimate of drug-likeness (QED) is 0.0233. The number of methoxy groups -OCH3 is 2. The minimum absolute atomic E-state index is 0.00548. The van der Waals surface area contributed by atoms with Crippen LogP contribution in [0.3, 0.4) is 0 Å². The lowest BCUT2D eigenvalue weighted by atomic mass is 9.95. The summed E-state index contributed by atoms with van der Waals surface area (Å²) >= 11 is 0. The number of rotatable bonds is 22. The standard InChI is InChI=1S/C35H50N12O24P4/c1-44-13-47(29-21(44)30(52)43-34(37)42-29)31-22(49)15(5-7-62-2)16(67-31)8-66-75(60,61)71-73(56,57)14-72(54,55)64-10-18-25(26(63-3)33(69-18)46-12-40-20-27(36)38-11-39-28(20)46)70-74(58,59)65-9-17-23(50)24(51)32(68-17)45-6-4-19(48)41-35(45)53/h4,6,11-13,15-18,22-26,31-33,49-51H,5,7-10,14H2,1-3H3,(H9-,36,37,38,39,41,42,43,48,52,53,54,55,56,57,58,59,60,61)/t15-,16-,17-,18-,22-,23-,24-,25-,26-,31?,32-,33-/m1/s1. The van der Waals surface area contributed by atoms with Gasteiger partial charge in [-0.2, -0.15) is 9.55 Å². The number of anilines is 2. The lowest BCUT2D eigenvalue weighted by Crippen LogP contribution is -2.39. The first-order valence-electron chi connectivity index (χ1n) is 21.9. The van der Waals surface area contributed by atoms with Gasteiger partial charge in [0, 0.05) is 39.0 Å². The van der Waals surface area contributed by atoms with Gasteiger partial charge in [-0.25, -0.2) is 33.2 Å². The largest absolute Gasteiger partial charge is 0.756 e. The Morgan fingerprint density at radius 2 is 1.48 bits per heavy atom. The number of fused-ring (bicyclic) bond motifs is 2. The lowest BCUT2D eigenvalue weighted by Gasteiger charge is -2.31. The Kier molecular flexibility index (Phi) is 16.6. The molecule has 0 radical (unpaired) electrons. The zero-order valence-electron chi connectivity index (χ0n) is 39.1. The highest BCUT2D eigenvalue weighted by Gasteiger charge is 2.53. The van der Waals surface area contributed by atoms with E-state index >= 15 is 0 Å². The third-order valence-electron chi connectivity index (χ3n) is 12.0. The summed E-state index contributed by atoms with van der Waals surface area (Å²) in [5.41, 5.74) is 9.40. The summed E-state index contributed by atoms with van der Waals surface area (Å²) in [6.45, 7) is -3.05. The fourth-order valence-electron chi connectivity index (χ4n) is 8.65. The van der Waals surface area contributed by atoms with Crippen LogP contribution in [0, 0.1) is 5.92 Å². The van der Waals surface area contributed by atoms with E-state index in [1.807, 2.05) is 4.98 Å². The highest BCUT2D eigenvalue weighted by Crippen LogP contribution is 2.66. The summed E-state index contributed by atoms with van der Waals surface area (Å²) in [5, 5.41) is 32.6. The Morgan fingerprint density at radius 3 is 2.19 bits per heavy atom. The van der Waals surface area contributed by atoms with Gasteiger partial charge in [0.2, 0.25) is 18.5 Å². The van der Waals surface area contributed by atoms with Crippen molar-refractivity contribution in [3.8, 4) is 0 Å². The van der Waals surface area contributed by atoms with E-state index in [-0.39, 0.29) is 47.1 Å². The number of hydrogen-bond acceptors (Lipinski definition) is 27. The number of H-pyrrole nitrogens is 2. The molecule has 0 spiro atoms. The van der Waals surface area contributed by atoms with Crippen molar-refractivity contribution in [1.82, 2.24) is 43.6 Å². The number of nitrogens with zero attached hydrogens (tertiary/aromatic N) is 8. The van der Waals surface area contributed by atoms with Gasteiger partial charge in [0.05, 0.1) is 39.3 Å². The minimum Gasteiger partial charge on any atom is -0.756 e. The molecule has 16 atom stereocenters. The molecule has 414 valence electrons. The van der Waals surface area contributed by atoms with Gasteiger partial charge < -0.3 is 83.6 Å². The summed E-state index contributed by atoms with van der Waals surface area (Å²) in [4.78, 5) is 103. The molecule has 3 saturated heterocycles. The molecule has 3 fully saturated rings. The van der Waals surface area contributed by atoms with E-state index in [4.69, 9.17) is 53.2 Å². The van der Waals surface area contributed by atoms with Crippen molar-refractivity contribution in [3.05, 3.63) is 62.4 Å². The molecule has 36 nitrogen and oxygen atoms in total. The molecule has 0 saturated carbocycles. The molecule has 75 heavy (non-hydrogen) atoms. The lowest BCUT2D eigenvalue weighted by molar-refractivity contribution is -0.646. The fraction of sp³-hybridized carbons (Fsp3) is 0.600. The minimum atomic E-state index is -5.69. The highest BCUT2D eigenvalue weighted by molar-refractivity contribution is 7.74. The molecule has 0 amide bonds. The molecule has 5 aromatic rings. The summed E-state index contributed by atoms with van der Waals surface area (Å²) in [6.07, 6.45) is -13.0. The first-order valence-corrected chi connectivity index (χ1v) is 28.3. The van der Waals surface area contributed by atoms with E-state index in [2.05, 4.69) is 29.2 Å². The summed E-state index contributed by atoms with van der Waals surface area (Å²) < 4.78 is 111. The molecule has 3 aliphatic heterocycles. The van der Waals surface area contributed by atoms with E-state index in [9.17, 15) is 67.5 Å². The maximum absolute atomic E-state index is 13.5. The molecule has 3 aliphatic rings. The van der Waals surface area contributed by atoms with Gasteiger partial charge in [-0.3, -0.25) is 46.9 Å². The molecular formula is C35H50N12O24P4. The van der Waals surface area contributed by atoms with Crippen molar-refractivity contribution in [2.24, 2.45) is 13.0 Å². The first-order chi connectivity index (χ1) is 35.2. The summed E-state index contributed by atoms with van der Waals surface area (Å²) in [6, 6.07) is 0.924. The number of nitrogen functional groups attached to an aromatic ring is 2. The Hall–Kier alpha value is -4.58. The molecule has 5 unspecified atom stereocenters. The monoisotopic (exact) mass is 1150 g/mol. The third-order valence-corrected chi connectivity index (χ3v) is 18.7. The number of aromatic nitrogens is 10. The summed E-state index contributed by atoms with van der Waals surface area (Å²) in [7, 11) is -18.5. The smallest absolute Gasteiger partial charge is 0.479 e. The van der Waals surface area contributed by atoms with Gasteiger partial charge in [0.25, 0.3) is 24.5 Å². The number of phosphoric acid groups is 2. The molecule has 0 aliphatic carbocycles. The number of nitrogens with one attached hydrogen (secondary N) is 2. The molecule has 5 aromatic heterocycles. The zero-order chi connectivity index (χ0) is 54.5. The molecule has 8 heterocycles. The SMILES string of the molecule is COCC[C@@H]1[C@@H](COP(=O)(O)OP(=O)(O)CP(=O)(O)OC[C@H]2O[C@@H](n3cnc4c(N)ncnc43)[C@H](OC)[C@@H]2OP(=O)([O-])OC[C@H]2O[C@@H](n3ccc(=O)[nH]c3=O)[C@H](O)[C@@H]2O)OC(n2c[n+](C)c3c(=O)[nH]c(N)nc32)[C@@H]1O. The number of hydrogen-bond donors (Lipinski definition) is 10. The van der Waals surface area contributed by atoms with Crippen LogP contribution in [0.25, 0.3) is 22.3 Å². The van der Waals surface area contributed by atoms with Gasteiger partial charge in [0.15, 0.2) is 29.8 Å². The Morgan fingerprint density at radius 1 is 0.800 bits per heavy atom. The molecule has 40 heteroatoms. The van der Waals surface area contributed by atoms with Crippen LogP contribution < -0.4 is 37.7 Å². The van der Waals surface area contributed by atoms with Crippen LogP contribution in [0.1, 0.15) is 25.1 Å². The van der Waals surface area contributed by atoms with E-state index in [0.717, 1.165) is 36.6 Å². The van der Waals surface area contributed by atoms with E-state index < -0.39 is 147 Å². The average molecular weight is 1150 g/mol. The van der Waals surface area contributed by atoms with Crippen LogP contribution in [0.2, 0.25) is 0 Å². The van der Waals surface area contributed by atoms with Crippen LogP contribution in [0.15, 0.2) is 45.6 Å². The Balaban J connectivity index is 0.942. The van der Waals surface area contributed by atoms with Crippen LogP contribution >= 0.6 is 30.8 Å². The fourth-order valence-corrected chi connectivity index (χ4v) is 14.6. The van der Waals surface area contributed by atoms with Crippen molar-refractivity contribution in [2.45, 2.75) is 73.9 Å². The van der Waals surface area contributed by atoms with Crippen LogP contribution in [0.5, 0.6) is 0 Å². The van der Waals surface area contributed by atoms with E-state index in [0.29, 0.717) is 0 Å². The van der Waals surface area contributed by atoms with Crippen LogP contribution in [-0.2, 0) is 71.4 Å². The normalized spacial score (nSPS) is 30.4. The van der Waals surface area contributed by atoms with Crippen molar-refractivity contribution in [2.75, 3.05) is 58.0 Å². The topological polar surface area (TPSA) is 510 Å². The Labute approximate surface area is 418 Å². The number of aromatic amines is 2. The van der Waals surface area contributed by atoms with Crippen molar-refractivity contribution in [1.29, 1.82) is 0 Å². The number of imidazole rings is 2. The first kappa shape index (κ1) is 56.6. The second kappa shape index (κ2) is 22.0. The number of ether oxygens (including phenoxy) is 5. The van der Waals surface area contributed by atoms with Crippen molar-refractivity contribution < 1.29 is 104 Å². The third kappa shape index (κ3) is 12.3. The van der Waals surface area contributed by atoms with Gasteiger partial charge in [-0.1, -0.05) is 0 Å². The molecule has 0 aromatic carbocycles. The number of nitrogens with two attached hydrogens (primary N) is 2. The maximum atomic E-state index is 13.5. The van der Waals surface area contributed by atoms with Crippen molar-refractivity contribution >= 4 is 64.9 Å².